The number of rotatable bonds is 2. The predicted molar refractivity (Wildman–Crippen MR) is 276 cm³/mol. The van der Waals surface area contributed by atoms with Gasteiger partial charge in [0.05, 0.1) is 5.69 Å². The first kappa shape index (κ1) is 43.8. The molecule has 2 aliphatic heterocycles. The van der Waals surface area contributed by atoms with Crippen molar-refractivity contribution in [1.29, 1.82) is 0 Å². The number of benzene rings is 4. The minimum Gasteiger partial charge on any atom is -0.296 e. The second kappa shape index (κ2) is 13.6. The number of anilines is 6. The lowest BCUT2D eigenvalue weighted by molar-refractivity contribution is 0.403. The number of hydrogen-bond acceptors (Lipinski definition) is 5. The van der Waals surface area contributed by atoms with Crippen LogP contribution in [0.1, 0.15) is 177 Å². The quantitative estimate of drug-likeness (QED) is 0.162. The van der Waals surface area contributed by atoms with Gasteiger partial charge in [-0.15, -0.1) is 11.3 Å². The standard InChI is InChI=1S/C57H71BN4S/c1-51(2,3)33-21-25-44-39(29-33)46-47(63-44)58-42-24-20-34(52(4,5)6)30-43(42)61(38-27-35(53(7,8)9)26-36(28-38)54(10,11)12)48-45(58)49(60-50(59-48)55(13,14)15)62(46)37-22-23-40-41(31-37)57(18,19)32-56(40,16)17/h20-31H,32H2,1-19H3. The summed E-state index contributed by atoms with van der Waals surface area (Å²) >= 11 is 1.96. The first-order valence-corrected chi connectivity index (χ1v) is 24.2. The number of aromatic nitrogens is 2. The summed E-state index contributed by atoms with van der Waals surface area (Å²) in [7, 11) is 0. The van der Waals surface area contributed by atoms with Gasteiger partial charge in [-0.05, 0) is 120 Å². The molecule has 0 atom stereocenters. The molecular formula is C57H71BN4S. The van der Waals surface area contributed by atoms with Crippen molar-refractivity contribution in [3.63, 3.8) is 0 Å². The van der Waals surface area contributed by atoms with Gasteiger partial charge in [-0.1, -0.05) is 162 Å². The zero-order valence-electron chi connectivity index (χ0n) is 41.9. The maximum Gasteiger partial charge on any atom is 0.268 e. The molecule has 63 heavy (non-hydrogen) atoms. The van der Waals surface area contributed by atoms with Crippen LogP contribution < -0.4 is 25.5 Å². The molecule has 9 rings (SSSR count). The fraction of sp³-hybridized carbons (Fsp3) is 0.474. The van der Waals surface area contributed by atoms with E-state index in [4.69, 9.17) is 9.97 Å². The molecule has 4 heterocycles. The molecule has 0 bridgehead atoms. The normalized spacial score (nSPS) is 16.9. The van der Waals surface area contributed by atoms with Gasteiger partial charge in [0.25, 0.3) is 6.71 Å². The van der Waals surface area contributed by atoms with Gasteiger partial charge in [0.2, 0.25) is 0 Å². The smallest absolute Gasteiger partial charge is 0.268 e. The molecule has 0 saturated carbocycles. The summed E-state index contributed by atoms with van der Waals surface area (Å²) in [6.45, 7) is 44.5. The molecule has 0 amide bonds. The van der Waals surface area contributed by atoms with E-state index in [0.29, 0.717) is 0 Å². The largest absolute Gasteiger partial charge is 0.296 e. The highest BCUT2D eigenvalue weighted by atomic mass is 32.1. The molecule has 0 radical (unpaired) electrons. The Kier molecular flexibility index (Phi) is 9.43. The van der Waals surface area contributed by atoms with Crippen molar-refractivity contribution in [3.8, 4) is 0 Å². The van der Waals surface area contributed by atoms with Crippen molar-refractivity contribution in [2.24, 2.45) is 0 Å². The molecule has 6 aromatic rings. The van der Waals surface area contributed by atoms with Crippen LogP contribution in [-0.2, 0) is 37.9 Å². The summed E-state index contributed by atoms with van der Waals surface area (Å²) in [5, 5.41) is 1.30. The third kappa shape index (κ3) is 7.07. The van der Waals surface area contributed by atoms with Crippen LogP contribution in [0.5, 0.6) is 0 Å². The fourth-order valence-corrected chi connectivity index (χ4v) is 12.0. The summed E-state index contributed by atoms with van der Waals surface area (Å²) < 4.78 is 2.67. The molecule has 3 aliphatic rings. The van der Waals surface area contributed by atoms with E-state index in [1.165, 1.54) is 76.2 Å². The Morgan fingerprint density at radius 2 is 1.06 bits per heavy atom. The van der Waals surface area contributed by atoms with Crippen LogP contribution in [0.15, 0.2) is 72.8 Å². The number of fused-ring (bicyclic) bond motifs is 7. The van der Waals surface area contributed by atoms with Gasteiger partial charge >= 0.3 is 0 Å². The van der Waals surface area contributed by atoms with Gasteiger partial charge in [-0.25, -0.2) is 9.97 Å². The maximum absolute atomic E-state index is 5.81. The fourth-order valence-electron chi connectivity index (χ4n) is 10.7. The van der Waals surface area contributed by atoms with E-state index in [9.17, 15) is 0 Å². The molecule has 0 unspecified atom stereocenters. The van der Waals surface area contributed by atoms with Crippen molar-refractivity contribution in [3.05, 3.63) is 112 Å². The van der Waals surface area contributed by atoms with Crippen molar-refractivity contribution in [1.82, 2.24) is 9.97 Å². The Morgan fingerprint density at radius 3 is 1.63 bits per heavy atom. The van der Waals surface area contributed by atoms with E-state index in [-0.39, 0.29) is 44.6 Å². The van der Waals surface area contributed by atoms with Crippen LogP contribution in [0.3, 0.4) is 0 Å². The first-order valence-electron chi connectivity index (χ1n) is 23.4. The lowest BCUT2D eigenvalue weighted by Gasteiger charge is -2.43. The minimum absolute atomic E-state index is 0.00681. The molecule has 6 heteroatoms. The first-order chi connectivity index (χ1) is 28.9. The van der Waals surface area contributed by atoms with E-state index in [1.54, 1.807) is 0 Å². The zero-order chi connectivity index (χ0) is 45.9. The molecule has 0 fully saturated rings. The van der Waals surface area contributed by atoms with E-state index in [2.05, 4.69) is 214 Å². The Labute approximate surface area is 384 Å². The average molecular weight is 855 g/mol. The molecule has 0 spiro atoms. The van der Waals surface area contributed by atoms with Crippen molar-refractivity contribution < 1.29 is 0 Å². The second-order valence-electron chi connectivity index (χ2n) is 25.7. The van der Waals surface area contributed by atoms with Crippen LogP contribution in [0, 0.1) is 0 Å². The van der Waals surface area contributed by atoms with Gasteiger partial charge in [0.15, 0.2) is 0 Å². The van der Waals surface area contributed by atoms with E-state index < -0.39 is 0 Å². The monoisotopic (exact) mass is 855 g/mol. The Hall–Kier alpha value is -4.42. The van der Waals surface area contributed by atoms with E-state index in [1.807, 2.05) is 11.3 Å². The molecule has 2 aromatic heterocycles. The summed E-state index contributed by atoms with van der Waals surface area (Å²) in [4.78, 5) is 16.7. The van der Waals surface area contributed by atoms with Crippen LogP contribution in [0.4, 0.5) is 34.4 Å². The average Bonchev–Trinajstić information content (AvgIpc) is 3.62. The van der Waals surface area contributed by atoms with Crippen molar-refractivity contribution >= 4 is 78.2 Å². The number of nitrogens with zero attached hydrogens (tertiary/aromatic N) is 4. The maximum atomic E-state index is 5.81. The highest BCUT2D eigenvalue weighted by molar-refractivity contribution is 7.33. The molecule has 4 nitrogen and oxygen atoms in total. The number of hydrogen-bond donors (Lipinski definition) is 0. The summed E-state index contributed by atoms with van der Waals surface area (Å²) in [5.74, 6) is 2.84. The van der Waals surface area contributed by atoms with Gasteiger partial charge in [-0.2, -0.15) is 0 Å². The van der Waals surface area contributed by atoms with Gasteiger partial charge in [0, 0.05) is 42.8 Å². The lowest BCUT2D eigenvalue weighted by Crippen LogP contribution is -2.61. The molecule has 1 aliphatic carbocycles. The molecule has 0 saturated heterocycles. The SMILES string of the molecule is CC(C)(C)c1cc(N2c3cc(C(C)(C)C)ccc3B3c4sc5ccc(C(C)(C)C)cc5c4N(c4ccc5c(c4)C(C)(C)CC5(C)C)c4nc(C(C)(C)C)nc2c43)cc(C(C)(C)C)c1. The summed E-state index contributed by atoms with van der Waals surface area (Å²) in [5.41, 5.74) is 15.2. The van der Waals surface area contributed by atoms with Gasteiger partial charge in [0.1, 0.15) is 17.5 Å². The molecular weight excluding hydrogens is 784 g/mol. The highest BCUT2D eigenvalue weighted by Crippen LogP contribution is 2.53. The van der Waals surface area contributed by atoms with E-state index in [0.717, 1.165) is 29.6 Å². The Morgan fingerprint density at radius 1 is 0.524 bits per heavy atom. The van der Waals surface area contributed by atoms with Crippen molar-refractivity contribution in [2.75, 3.05) is 9.80 Å². The zero-order valence-corrected chi connectivity index (χ0v) is 42.7. The second-order valence-corrected chi connectivity index (χ2v) is 26.8. The molecule has 328 valence electrons. The van der Waals surface area contributed by atoms with Crippen LogP contribution >= 0.6 is 11.3 Å². The summed E-state index contributed by atoms with van der Waals surface area (Å²) in [6, 6.07) is 29.2. The highest BCUT2D eigenvalue weighted by Gasteiger charge is 2.49. The van der Waals surface area contributed by atoms with Crippen molar-refractivity contribution in [2.45, 2.75) is 176 Å². The van der Waals surface area contributed by atoms with E-state index >= 15 is 0 Å². The summed E-state index contributed by atoms with van der Waals surface area (Å²) in [6.07, 6.45) is 1.12. The third-order valence-electron chi connectivity index (χ3n) is 14.3. The van der Waals surface area contributed by atoms with Gasteiger partial charge in [-0.3, -0.25) is 9.80 Å². The Balaban J connectivity index is 1.46. The molecule has 4 aromatic carbocycles. The lowest BCUT2D eigenvalue weighted by atomic mass is 9.36. The van der Waals surface area contributed by atoms with Crippen LogP contribution in [0.25, 0.3) is 10.1 Å². The minimum atomic E-state index is -0.323. The Bertz CT molecular complexity index is 2830. The molecule has 0 N–H and O–H groups in total. The van der Waals surface area contributed by atoms with Gasteiger partial charge < -0.3 is 0 Å². The van der Waals surface area contributed by atoms with Crippen LogP contribution in [0.2, 0.25) is 0 Å². The number of thiophene rings is 1. The third-order valence-corrected chi connectivity index (χ3v) is 15.5. The topological polar surface area (TPSA) is 32.3 Å². The van der Waals surface area contributed by atoms with Crippen LogP contribution in [-0.4, -0.2) is 16.7 Å². The predicted octanol–water partition coefficient (Wildman–Crippen LogP) is 14.2.